The quantitative estimate of drug-likeness (QED) is 0.495. The number of nitrogens with zero attached hydrogens (tertiary/aromatic N) is 3. The minimum atomic E-state index is -0.541. The van der Waals surface area contributed by atoms with Crippen LogP contribution in [0.5, 0.6) is 0 Å². The number of thiazole rings is 1. The summed E-state index contributed by atoms with van der Waals surface area (Å²) in [5.41, 5.74) is 4.02. The van der Waals surface area contributed by atoms with E-state index in [1.807, 2.05) is 44.2 Å². The van der Waals surface area contributed by atoms with Crippen LogP contribution in [0.25, 0.3) is 16.2 Å². The maximum absolute atomic E-state index is 12.3. The summed E-state index contributed by atoms with van der Waals surface area (Å²) in [5.74, 6) is -0.541. The largest absolute Gasteiger partial charge is 0.454 e. The van der Waals surface area contributed by atoms with Crippen molar-refractivity contribution < 1.29 is 9.53 Å². The van der Waals surface area contributed by atoms with Gasteiger partial charge in [0.05, 0.1) is 5.69 Å². The van der Waals surface area contributed by atoms with E-state index in [1.54, 1.807) is 17.6 Å². The molecule has 0 saturated carbocycles. The third kappa shape index (κ3) is 3.70. The Kier molecular flexibility index (Phi) is 4.75. The molecule has 0 unspecified atom stereocenters. The summed E-state index contributed by atoms with van der Waals surface area (Å²) in [7, 11) is 0. The second kappa shape index (κ2) is 7.36. The second-order valence-electron chi connectivity index (χ2n) is 6.50. The predicted octanol–water partition coefficient (Wildman–Crippen LogP) is 3.79. The average molecular weight is 391 g/mol. The fraction of sp³-hybridized carbons (Fsp3) is 0.143. The van der Waals surface area contributed by atoms with Crippen LogP contribution >= 0.6 is 11.3 Å². The van der Waals surface area contributed by atoms with E-state index < -0.39 is 5.97 Å². The van der Waals surface area contributed by atoms with Crippen LogP contribution in [0.15, 0.2) is 58.8 Å². The van der Waals surface area contributed by atoms with Gasteiger partial charge in [-0.25, -0.2) is 14.8 Å². The van der Waals surface area contributed by atoms with Gasteiger partial charge in [-0.05, 0) is 25.5 Å². The van der Waals surface area contributed by atoms with Crippen LogP contribution in [-0.2, 0) is 11.3 Å². The molecule has 28 heavy (non-hydrogen) atoms. The lowest BCUT2D eigenvalue weighted by atomic mass is 10.2. The molecule has 1 aromatic carbocycles. The molecule has 0 aliphatic heterocycles. The molecule has 4 aromatic rings. The van der Waals surface area contributed by atoms with Gasteiger partial charge in [0.2, 0.25) is 0 Å². The standard InChI is InChI=1S/C21H17N3O3S/c1-13-3-6-15(7-4-13)20-23-17(12-28-20)21(26)27-11-16-9-19(25)24-10-14(2)5-8-18(24)22-16/h3-10,12H,11H2,1-2H3. The van der Waals surface area contributed by atoms with Crippen LogP contribution in [0.3, 0.4) is 0 Å². The molecule has 3 heterocycles. The highest BCUT2D eigenvalue weighted by Gasteiger charge is 2.14. The normalized spacial score (nSPS) is 10.9. The predicted molar refractivity (Wildman–Crippen MR) is 108 cm³/mol. The van der Waals surface area contributed by atoms with Crippen molar-refractivity contribution in [2.24, 2.45) is 0 Å². The number of esters is 1. The highest BCUT2D eigenvalue weighted by atomic mass is 32.1. The van der Waals surface area contributed by atoms with Gasteiger partial charge in [0.15, 0.2) is 5.69 Å². The number of hydrogen-bond acceptors (Lipinski definition) is 6. The van der Waals surface area contributed by atoms with E-state index in [0.29, 0.717) is 11.3 Å². The molecular formula is C21H17N3O3S. The first-order chi connectivity index (χ1) is 13.5. The number of pyridine rings is 1. The number of aromatic nitrogens is 3. The van der Waals surface area contributed by atoms with Crippen molar-refractivity contribution in [1.82, 2.24) is 14.4 Å². The Labute approximate surface area is 165 Å². The number of rotatable bonds is 4. The van der Waals surface area contributed by atoms with E-state index >= 15 is 0 Å². The van der Waals surface area contributed by atoms with Crippen LogP contribution in [-0.4, -0.2) is 20.3 Å². The highest BCUT2D eigenvalue weighted by Crippen LogP contribution is 2.24. The van der Waals surface area contributed by atoms with Gasteiger partial charge in [0.25, 0.3) is 5.56 Å². The van der Waals surface area contributed by atoms with E-state index in [2.05, 4.69) is 9.97 Å². The molecule has 6 nitrogen and oxygen atoms in total. The van der Waals surface area contributed by atoms with Gasteiger partial charge in [-0.1, -0.05) is 35.9 Å². The van der Waals surface area contributed by atoms with E-state index in [-0.39, 0.29) is 17.9 Å². The van der Waals surface area contributed by atoms with Crippen LogP contribution < -0.4 is 5.56 Å². The fourth-order valence-corrected chi connectivity index (χ4v) is 3.54. The Hall–Kier alpha value is -3.32. The second-order valence-corrected chi connectivity index (χ2v) is 7.36. The van der Waals surface area contributed by atoms with Crippen molar-refractivity contribution >= 4 is 23.0 Å². The first-order valence-corrected chi connectivity index (χ1v) is 9.56. The Morgan fingerprint density at radius 1 is 1.07 bits per heavy atom. The Morgan fingerprint density at radius 2 is 1.82 bits per heavy atom. The van der Waals surface area contributed by atoms with Gasteiger partial charge in [0, 0.05) is 23.2 Å². The van der Waals surface area contributed by atoms with Gasteiger partial charge < -0.3 is 4.74 Å². The molecule has 0 N–H and O–H groups in total. The zero-order chi connectivity index (χ0) is 19.7. The molecule has 140 valence electrons. The zero-order valence-corrected chi connectivity index (χ0v) is 16.2. The van der Waals surface area contributed by atoms with Crippen LogP contribution in [0.4, 0.5) is 0 Å². The van der Waals surface area contributed by atoms with Crippen molar-refractivity contribution in [1.29, 1.82) is 0 Å². The molecule has 0 aliphatic carbocycles. The topological polar surface area (TPSA) is 73.6 Å². The van der Waals surface area contributed by atoms with Crippen molar-refractivity contribution in [2.75, 3.05) is 0 Å². The Balaban J connectivity index is 1.49. The van der Waals surface area contributed by atoms with Gasteiger partial charge in [0.1, 0.15) is 17.3 Å². The number of hydrogen-bond donors (Lipinski definition) is 0. The number of carbonyl (C=O) groups is 1. The molecule has 0 atom stereocenters. The maximum atomic E-state index is 12.3. The first kappa shape index (κ1) is 18.1. The molecule has 3 aromatic heterocycles. The third-order valence-electron chi connectivity index (χ3n) is 4.22. The average Bonchev–Trinajstić information content (AvgIpc) is 3.17. The molecule has 7 heteroatoms. The number of fused-ring (bicyclic) bond motifs is 1. The van der Waals surface area contributed by atoms with Gasteiger partial charge in [-0.2, -0.15) is 0 Å². The molecule has 4 rings (SSSR count). The van der Waals surface area contributed by atoms with Gasteiger partial charge >= 0.3 is 5.97 Å². The summed E-state index contributed by atoms with van der Waals surface area (Å²) < 4.78 is 6.77. The Bertz CT molecular complexity index is 1230. The van der Waals surface area contributed by atoms with E-state index in [4.69, 9.17) is 4.74 Å². The summed E-state index contributed by atoms with van der Waals surface area (Å²) in [6.45, 7) is 3.83. The lowest BCUT2D eigenvalue weighted by molar-refractivity contribution is 0.0462. The van der Waals surface area contributed by atoms with Crippen molar-refractivity contribution in [3.8, 4) is 10.6 Å². The molecule has 0 spiro atoms. The smallest absolute Gasteiger partial charge is 0.358 e. The fourth-order valence-electron chi connectivity index (χ4n) is 2.74. The molecule has 0 saturated heterocycles. The summed E-state index contributed by atoms with van der Waals surface area (Å²) in [5, 5.41) is 2.42. The number of benzene rings is 1. The van der Waals surface area contributed by atoms with E-state index in [0.717, 1.165) is 21.7 Å². The van der Waals surface area contributed by atoms with Crippen LogP contribution in [0, 0.1) is 13.8 Å². The van der Waals surface area contributed by atoms with E-state index in [1.165, 1.54) is 21.8 Å². The van der Waals surface area contributed by atoms with Crippen LogP contribution in [0.2, 0.25) is 0 Å². The summed E-state index contributed by atoms with van der Waals surface area (Å²) in [6, 6.07) is 12.9. The summed E-state index contributed by atoms with van der Waals surface area (Å²) in [6.07, 6.45) is 1.72. The molecule has 0 amide bonds. The minimum absolute atomic E-state index is 0.0875. The zero-order valence-electron chi connectivity index (χ0n) is 15.4. The van der Waals surface area contributed by atoms with E-state index in [9.17, 15) is 9.59 Å². The molecule has 0 radical (unpaired) electrons. The summed E-state index contributed by atoms with van der Waals surface area (Å²) in [4.78, 5) is 33.3. The number of ether oxygens (including phenoxy) is 1. The van der Waals surface area contributed by atoms with Crippen LogP contribution in [0.1, 0.15) is 27.3 Å². The van der Waals surface area contributed by atoms with Gasteiger partial charge in [-0.3, -0.25) is 9.20 Å². The lowest BCUT2D eigenvalue weighted by Crippen LogP contribution is -2.17. The van der Waals surface area contributed by atoms with Gasteiger partial charge in [-0.15, -0.1) is 11.3 Å². The SMILES string of the molecule is Cc1ccc(-c2nc(C(=O)OCc3cc(=O)n4cc(C)ccc4n3)cs2)cc1. The number of carbonyl (C=O) groups excluding carboxylic acids is 1. The summed E-state index contributed by atoms with van der Waals surface area (Å²) >= 11 is 1.38. The lowest BCUT2D eigenvalue weighted by Gasteiger charge is -2.05. The number of aryl methyl sites for hydroxylation is 2. The monoisotopic (exact) mass is 391 g/mol. The minimum Gasteiger partial charge on any atom is -0.454 e. The molecule has 0 bridgehead atoms. The third-order valence-corrected chi connectivity index (χ3v) is 5.11. The van der Waals surface area contributed by atoms with Crippen molar-refractivity contribution in [3.05, 3.63) is 86.9 Å². The first-order valence-electron chi connectivity index (χ1n) is 8.68. The maximum Gasteiger partial charge on any atom is 0.358 e. The van der Waals surface area contributed by atoms with Crippen molar-refractivity contribution in [3.63, 3.8) is 0 Å². The van der Waals surface area contributed by atoms with Crippen molar-refractivity contribution in [2.45, 2.75) is 20.5 Å². The Morgan fingerprint density at radius 3 is 2.61 bits per heavy atom. The molecular weight excluding hydrogens is 374 g/mol. The highest BCUT2D eigenvalue weighted by molar-refractivity contribution is 7.13. The molecule has 0 fully saturated rings. The molecule has 0 aliphatic rings.